The first-order chi connectivity index (χ1) is 18.7. The normalized spacial score (nSPS) is 10.7. The Bertz CT molecular complexity index is 1480. The molecule has 1 heterocycles. The number of nitrogens with zero attached hydrogens (tertiary/aromatic N) is 2. The number of ether oxygens (including phenoxy) is 1. The second-order valence-corrected chi connectivity index (χ2v) is 10.3. The number of benzene rings is 3. The minimum Gasteiger partial charge on any atom is -0.497 e. The SMILES string of the molecule is COc1ccc(S(=O)(=O)N(Cc2ccccc2)c2nc3c(C(C)C)cccc3cc2C(=O)O)cc1.NO.NO. The molecular formula is C27H32N4O7S. The summed E-state index contributed by atoms with van der Waals surface area (Å²) in [5, 5.41) is 23.7. The van der Waals surface area contributed by atoms with Crippen molar-refractivity contribution in [2.24, 2.45) is 11.8 Å². The number of carboxylic acid groups (broad SMARTS) is 1. The van der Waals surface area contributed by atoms with Crippen molar-refractivity contribution in [1.82, 2.24) is 4.98 Å². The van der Waals surface area contributed by atoms with Crippen LogP contribution in [-0.4, -0.2) is 42.0 Å². The van der Waals surface area contributed by atoms with Gasteiger partial charge in [0.05, 0.1) is 24.1 Å². The number of fused-ring (bicyclic) bond motifs is 1. The summed E-state index contributed by atoms with van der Waals surface area (Å²) >= 11 is 0. The maximum atomic E-state index is 13.9. The molecule has 0 fully saturated rings. The number of anilines is 1. The standard InChI is InChI=1S/C27H26N2O5S.2H3NO/c1-18(2)23-11-7-10-20-16-24(27(30)31)26(28-25(20)23)29(17-19-8-5-4-6-9-19)35(32,33)22-14-12-21(34-3)13-15-22;2*1-2/h4-16,18H,17H2,1-3H3,(H,30,31);2*2H,1H2. The van der Waals surface area contributed by atoms with E-state index in [2.05, 4.69) is 16.8 Å². The second kappa shape index (κ2) is 14.2. The number of carbonyl (C=O) groups is 1. The van der Waals surface area contributed by atoms with E-state index in [0.717, 1.165) is 9.87 Å². The number of hydrogen-bond donors (Lipinski definition) is 5. The quantitative estimate of drug-likeness (QED) is 0.197. The van der Waals surface area contributed by atoms with E-state index in [1.165, 1.54) is 25.3 Å². The Morgan fingerprint density at radius 1 is 0.949 bits per heavy atom. The van der Waals surface area contributed by atoms with E-state index in [1.807, 2.05) is 32.0 Å². The Hall–Kier alpha value is -4.07. The summed E-state index contributed by atoms with van der Waals surface area (Å²) in [5.74, 6) is 6.23. The number of methoxy groups -OCH3 is 1. The Labute approximate surface area is 226 Å². The van der Waals surface area contributed by atoms with E-state index in [0.29, 0.717) is 22.2 Å². The van der Waals surface area contributed by atoms with Crippen LogP contribution in [0.2, 0.25) is 0 Å². The maximum Gasteiger partial charge on any atom is 0.339 e. The van der Waals surface area contributed by atoms with Crippen LogP contribution in [0.1, 0.15) is 41.3 Å². The molecule has 208 valence electrons. The number of pyridine rings is 1. The molecule has 0 saturated heterocycles. The number of aromatic nitrogens is 1. The minimum atomic E-state index is -4.18. The summed E-state index contributed by atoms with van der Waals surface area (Å²) in [4.78, 5) is 17.0. The van der Waals surface area contributed by atoms with Gasteiger partial charge in [0.1, 0.15) is 11.3 Å². The summed E-state index contributed by atoms with van der Waals surface area (Å²) in [6.45, 7) is 3.94. The summed E-state index contributed by atoms with van der Waals surface area (Å²) in [6.07, 6.45) is 0. The Balaban J connectivity index is 0.00000127. The van der Waals surface area contributed by atoms with Crippen LogP contribution in [0.4, 0.5) is 5.82 Å². The van der Waals surface area contributed by atoms with Gasteiger partial charge in [-0.1, -0.05) is 62.4 Å². The Morgan fingerprint density at radius 3 is 2.10 bits per heavy atom. The average molecular weight is 557 g/mol. The van der Waals surface area contributed by atoms with E-state index in [1.54, 1.807) is 42.5 Å². The molecule has 0 unspecified atom stereocenters. The molecule has 7 N–H and O–H groups in total. The summed E-state index contributed by atoms with van der Waals surface area (Å²) in [6, 6.07) is 22.0. The topological polar surface area (TPSA) is 189 Å². The lowest BCUT2D eigenvalue weighted by atomic mass is 9.99. The van der Waals surface area contributed by atoms with Crippen molar-refractivity contribution in [1.29, 1.82) is 0 Å². The third-order valence-corrected chi connectivity index (χ3v) is 7.51. The molecule has 3 aromatic carbocycles. The number of sulfonamides is 1. The van der Waals surface area contributed by atoms with Crippen LogP contribution >= 0.6 is 0 Å². The first-order valence-electron chi connectivity index (χ1n) is 11.6. The molecule has 11 nitrogen and oxygen atoms in total. The van der Waals surface area contributed by atoms with Crippen molar-refractivity contribution >= 4 is 32.7 Å². The van der Waals surface area contributed by atoms with Crippen molar-refractivity contribution in [3.8, 4) is 5.75 Å². The van der Waals surface area contributed by atoms with Gasteiger partial charge in [0.2, 0.25) is 0 Å². The number of hydrogen-bond acceptors (Lipinski definition) is 9. The minimum absolute atomic E-state index is 0.00427. The van der Waals surface area contributed by atoms with Crippen LogP contribution in [-0.2, 0) is 16.6 Å². The van der Waals surface area contributed by atoms with Gasteiger partial charge in [0.25, 0.3) is 10.0 Å². The largest absolute Gasteiger partial charge is 0.497 e. The number of carboxylic acids is 1. The number of rotatable bonds is 8. The van der Waals surface area contributed by atoms with E-state index >= 15 is 0 Å². The monoisotopic (exact) mass is 556 g/mol. The van der Waals surface area contributed by atoms with Crippen LogP contribution in [0.3, 0.4) is 0 Å². The molecule has 0 aliphatic carbocycles. The average Bonchev–Trinajstić information content (AvgIpc) is 2.97. The fourth-order valence-corrected chi connectivity index (χ4v) is 5.34. The van der Waals surface area contributed by atoms with Gasteiger partial charge in [-0.05, 0) is 47.4 Å². The lowest BCUT2D eigenvalue weighted by Gasteiger charge is -2.26. The molecule has 0 radical (unpaired) electrons. The highest BCUT2D eigenvalue weighted by atomic mass is 32.2. The lowest BCUT2D eigenvalue weighted by molar-refractivity contribution is 0.0697. The molecule has 4 aromatic rings. The number of para-hydroxylation sites is 1. The van der Waals surface area contributed by atoms with Gasteiger partial charge in [-0.25, -0.2) is 34.3 Å². The van der Waals surface area contributed by atoms with Gasteiger partial charge in [0, 0.05) is 5.39 Å². The molecule has 0 aliphatic heterocycles. The fraction of sp³-hybridized carbons (Fsp3) is 0.185. The molecule has 0 spiro atoms. The maximum absolute atomic E-state index is 13.9. The number of aromatic carboxylic acids is 1. The van der Waals surface area contributed by atoms with Gasteiger partial charge in [-0.15, -0.1) is 0 Å². The van der Waals surface area contributed by atoms with Crippen molar-refractivity contribution in [3.63, 3.8) is 0 Å². The van der Waals surface area contributed by atoms with Crippen molar-refractivity contribution in [2.75, 3.05) is 11.4 Å². The van der Waals surface area contributed by atoms with Gasteiger partial charge < -0.3 is 20.3 Å². The van der Waals surface area contributed by atoms with Crippen LogP contribution in [0.25, 0.3) is 10.9 Å². The van der Waals surface area contributed by atoms with Gasteiger partial charge in [0.15, 0.2) is 5.82 Å². The van der Waals surface area contributed by atoms with Crippen molar-refractivity contribution < 1.29 is 33.5 Å². The summed E-state index contributed by atoms with van der Waals surface area (Å²) < 4.78 is 34.1. The smallest absolute Gasteiger partial charge is 0.339 e. The van der Waals surface area contributed by atoms with Gasteiger partial charge >= 0.3 is 5.97 Å². The van der Waals surface area contributed by atoms with Crippen LogP contribution in [0, 0.1) is 0 Å². The molecule has 1 aromatic heterocycles. The zero-order valence-electron chi connectivity index (χ0n) is 21.7. The second-order valence-electron chi connectivity index (χ2n) is 8.41. The van der Waals surface area contributed by atoms with E-state index < -0.39 is 16.0 Å². The molecule has 0 amide bonds. The van der Waals surface area contributed by atoms with E-state index in [9.17, 15) is 18.3 Å². The highest BCUT2D eigenvalue weighted by molar-refractivity contribution is 7.92. The molecule has 39 heavy (non-hydrogen) atoms. The first kappa shape index (κ1) is 31.1. The Morgan fingerprint density at radius 2 is 1.56 bits per heavy atom. The summed E-state index contributed by atoms with van der Waals surface area (Å²) in [5.41, 5.74) is 1.99. The molecule has 0 aliphatic rings. The third kappa shape index (κ3) is 7.07. The molecule has 0 saturated carbocycles. The molecular weight excluding hydrogens is 524 g/mol. The first-order valence-corrected chi connectivity index (χ1v) is 13.1. The zero-order valence-corrected chi connectivity index (χ0v) is 22.5. The fourth-order valence-electron chi connectivity index (χ4n) is 3.92. The van der Waals surface area contributed by atoms with Crippen LogP contribution in [0.5, 0.6) is 5.75 Å². The van der Waals surface area contributed by atoms with Crippen molar-refractivity contribution in [3.05, 3.63) is 95.6 Å². The van der Waals surface area contributed by atoms with Crippen LogP contribution in [0.15, 0.2) is 83.8 Å². The highest BCUT2D eigenvalue weighted by Crippen LogP contribution is 2.33. The predicted molar refractivity (Wildman–Crippen MR) is 148 cm³/mol. The Kier molecular flexibility index (Phi) is 11.3. The third-order valence-electron chi connectivity index (χ3n) is 5.76. The van der Waals surface area contributed by atoms with E-state index in [4.69, 9.17) is 15.2 Å². The number of nitrogens with two attached hydrogens (primary N) is 2. The molecule has 4 rings (SSSR count). The predicted octanol–water partition coefficient (Wildman–Crippen LogP) is 4.13. The van der Waals surface area contributed by atoms with Gasteiger partial charge in [-0.3, -0.25) is 0 Å². The summed E-state index contributed by atoms with van der Waals surface area (Å²) in [7, 11) is -2.69. The highest BCUT2D eigenvalue weighted by Gasteiger charge is 2.31. The van der Waals surface area contributed by atoms with Gasteiger partial charge in [-0.2, -0.15) is 0 Å². The molecule has 12 heteroatoms. The lowest BCUT2D eigenvalue weighted by Crippen LogP contribution is -2.33. The van der Waals surface area contributed by atoms with Crippen LogP contribution < -0.4 is 20.8 Å². The van der Waals surface area contributed by atoms with E-state index in [-0.39, 0.29) is 28.7 Å². The zero-order chi connectivity index (χ0) is 29.2. The molecule has 0 atom stereocenters. The van der Waals surface area contributed by atoms with Crippen molar-refractivity contribution in [2.45, 2.75) is 31.2 Å². The molecule has 0 bridgehead atoms.